The van der Waals surface area contributed by atoms with Crippen LogP contribution in [0.15, 0.2) is 30.3 Å². The molecule has 1 aromatic carbocycles. The second-order valence-corrected chi connectivity index (χ2v) is 7.42. The lowest BCUT2D eigenvalue weighted by Crippen LogP contribution is -2.30. The second kappa shape index (κ2) is 9.50. The van der Waals surface area contributed by atoms with Gasteiger partial charge in [0, 0.05) is 19.6 Å². The van der Waals surface area contributed by atoms with Gasteiger partial charge in [0.2, 0.25) is 0 Å². The summed E-state index contributed by atoms with van der Waals surface area (Å²) in [7, 11) is 4.01. The zero-order chi connectivity index (χ0) is 19.9. The molecule has 2 N–H and O–H groups in total. The van der Waals surface area contributed by atoms with Crippen molar-refractivity contribution >= 4 is 11.8 Å². The van der Waals surface area contributed by atoms with Gasteiger partial charge in [0.05, 0.1) is 5.69 Å². The summed E-state index contributed by atoms with van der Waals surface area (Å²) >= 11 is 0. The van der Waals surface area contributed by atoms with Crippen LogP contribution in [-0.2, 0) is 19.5 Å². The first-order chi connectivity index (χ1) is 13.6. The molecule has 7 heteroatoms. The van der Waals surface area contributed by atoms with Crippen molar-refractivity contribution in [2.75, 3.05) is 27.2 Å². The van der Waals surface area contributed by atoms with Gasteiger partial charge in [-0.05, 0) is 51.9 Å². The Morgan fingerprint density at radius 1 is 1.11 bits per heavy atom. The highest BCUT2D eigenvalue weighted by Crippen LogP contribution is 2.21. The zero-order valence-corrected chi connectivity index (χ0v) is 16.7. The van der Waals surface area contributed by atoms with Crippen LogP contribution in [0.1, 0.15) is 51.6 Å². The van der Waals surface area contributed by atoms with Crippen LogP contribution in [0.2, 0.25) is 0 Å². The van der Waals surface area contributed by atoms with E-state index in [0.29, 0.717) is 24.6 Å². The van der Waals surface area contributed by atoms with Gasteiger partial charge in [-0.25, -0.2) is 4.98 Å². The normalized spacial score (nSPS) is 13.2. The largest absolute Gasteiger partial charge is 0.349 e. The number of amides is 2. The van der Waals surface area contributed by atoms with Crippen LogP contribution >= 0.6 is 0 Å². The molecule has 0 unspecified atom stereocenters. The fraction of sp³-hybridized carbons (Fsp3) is 0.476. The van der Waals surface area contributed by atoms with Gasteiger partial charge in [0.15, 0.2) is 5.82 Å². The SMILES string of the molecule is CN(C)CCCNC(=O)c1nc(C(=O)NCc2ccccc2)c2n1CCCC2. The number of carbonyl (C=O) groups excluding carboxylic acids is 2. The summed E-state index contributed by atoms with van der Waals surface area (Å²) in [6, 6.07) is 9.77. The predicted molar refractivity (Wildman–Crippen MR) is 108 cm³/mol. The maximum absolute atomic E-state index is 12.7. The third-order valence-electron chi connectivity index (χ3n) is 4.90. The van der Waals surface area contributed by atoms with E-state index in [1.807, 2.05) is 49.0 Å². The third kappa shape index (κ3) is 4.98. The van der Waals surface area contributed by atoms with Crippen molar-refractivity contribution in [2.24, 2.45) is 0 Å². The van der Waals surface area contributed by atoms with Crippen molar-refractivity contribution < 1.29 is 9.59 Å². The van der Waals surface area contributed by atoms with E-state index in [1.165, 1.54) is 0 Å². The molecule has 0 aliphatic carbocycles. The van der Waals surface area contributed by atoms with Crippen LogP contribution in [0, 0.1) is 0 Å². The summed E-state index contributed by atoms with van der Waals surface area (Å²) in [5, 5.41) is 5.86. The van der Waals surface area contributed by atoms with Crippen molar-refractivity contribution in [3.8, 4) is 0 Å². The molecule has 0 radical (unpaired) electrons. The zero-order valence-electron chi connectivity index (χ0n) is 16.7. The lowest BCUT2D eigenvalue weighted by Gasteiger charge is -2.17. The molecule has 2 aromatic rings. The average Bonchev–Trinajstić information content (AvgIpc) is 3.10. The molecule has 0 atom stereocenters. The number of benzene rings is 1. The van der Waals surface area contributed by atoms with Gasteiger partial charge in [-0.2, -0.15) is 0 Å². The van der Waals surface area contributed by atoms with Crippen LogP contribution in [0.25, 0.3) is 0 Å². The minimum Gasteiger partial charge on any atom is -0.349 e. The first kappa shape index (κ1) is 20.1. The summed E-state index contributed by atoms with van der Waals surface area (Å²) in [4.78, 5) is 31.9. The quantitative estimate of drug-likeness (QED) is 0.682. The number of hydrogen-bond donors (Lipinski definition) is 2. The van der Waals surface area contributed by atoms with Gasteiger partial charge in [-0.15, -0.1) is 0 Å². The molecule has 1 aromatic heterocycles. The van der Waals surface area contributed by atoms with Crippen LogP contribution in [0.5, 0.6) is 0 Å². The fourth-order valence-corrected chi connectivity index (χ4v) is 3.44. The molecule has 0 saturated heterocycles. The maximum Gasteiger partial charge on any atom is 0.287 e. The second-order valence-electron chi connectivity index (χ2n) is 7.42. The number of nitrogens with zero attached hydrogens (tertiary/aromatic N) is 3. The van der Waals surface area contributed by atoms with E-state index in [1.54, 1.807) is 0 Å². The van der Waals surface area contributed by atoms with Crippen molar-refractivity contribution in [1.29, 1.82) is 0 Å². The van der Waals surface area contributed by atoms with Crippen molar-refractivity contribution in [2.45, 2.75) is 38.8 Å². The first-order valence-electron chi connectivity index (χ1n) is 9.90. The van der Waals surface area contributed by atoms with Crippen LogP contribution in [0.3, 0.4) is 0 Å². The van der Waals surface area contributed by atoms with Crippen LogP contribution < -0.4 is 10.6 Å². The highest BCUT2D eigenvalue weighted by Gasteiger charge is 2.27. The van der Waals surface area contributed by atoms with Crippen molar-refractivity contribution in [3.63, 3.8) is 0 Å². The number of aromatic nitrogens is 2. The minimum atomic E-state index is -0.221. The van der Waals surface area contributed by atoms with E-state index in [2.05, 4.69) is 20.5 Å². The lowest BCUT2D eigenvalue weighted by atomic mass is 10.1. The highest BCUT2D eigenvalue weighted by molar-refractivity contribution is 5.97. The summed E-state index contributed by atoms with van der Waals surface area (Å²) in [5.41, 5.74) is 2.28. The summed E-state index contributed by atoms with van der Waals surface area (Å²) in [5.74, 6) is -0.0745. The Hall–Kier alpha value is -2.67. The monoisotopic (exact) mass is 383 g/mol. The molecule has 28 heavy (non-hydrogen) atoms. The maximum atomic E-state index is 12.7. The van der Waals surface area contributed by atoms with Gasteiger partial charge >= 0.3 is 0 Å². The van der Waals surface area contributed by atoms with E-state index < -0.39 is 0 Å². The Morgan fingerprint density at radius 3 is 2.64 bits per heavy atom. The van der Waals surface area contributed by atoms with Crippen molar-refractivity contribution in [1.82, 2.24) is 25.1 Å². The minimum absolute atomic E-state index is 0.205. The van der Waals surface area contributed by atoms with Gasteiger partial charge in [0.1, 0.15) is 5.69 Å². The number of nitrogens with one attached hydrogen (secondary N) is 2. The van der Waals surface area contributed by atoms with Crippen LogP contribution in [0.4, 0.5) is 0 Å². The van der Waals surface area contributed by atoms with Crippen molar-refractivity contribution in [3.05, 3.63) is 53.1 Å². The van der Waals surface area contributed by atoms with E-state index in [-0.39, 0.29) is 11.8 Å². The predicted octanol–water partition coefficient (Wildman–Crippen LogP) is 1.83. The molecule has 7 nitrogen and oxygen atoms in total. The summed E-state index contributed by atoms with van der Waals surface area (Å²) < 4.78 is 1.92. The Kier molecular flexibility index (Phi) is 6.81. The molecule has 1 aliphatic rings. The van der Waals surface area contributed by atoms with Gasteiger partial charge in [-0.3, -0.25) is 9.59 Å². The molecule has 0 spiro atoms. The molecule has 0 saturated carbocycles. The molecule has 3 rings (SSSR count). The molecule has 150 valence electrons. The van der Waals surface area contributed by atoms with E-state index >= 15 is 0 Å². The number of carbonyl (C=O) groups is 2. The van der Waals surface area contributed by atoms with Gasteiger partial charge in [-0.1, -0.05) is 30.3 Å². The molecule has 2 amide bonds. The Labute approximate surface area is 166 Å². The average molecular weight is 383 g/mol. The smallest absolute Gasteiger partial charge is 0.287 e. The molecule has 0 bridgehead atoms. The van der Waals surface area contributed by atoms with Gasteiger partial charge < -0.3 is 20.1 Å². The first-order valence-corrected chi connectivity index (χ1v) is 9.90. The highest BCUT2D eigenvalue weighted by atomic mass is 16.2. The van der Waals surface area contributed by atoms with Gasteiger partial charge in [0.25, 0.3) is 11.8 Å². The summed E-state index contributed by atoms with van der Waals surface area (Å²) in [6.45, 7) is 2.68. The Bertz CT molecular complexity index is 814. The molecular weight excluding hydrogens is 354 g/mol. The van der Waals surface area contributed by atoms with E-state index in [9.17, 15) is 9.59 Å². The molecule has 0 fully saturated rings. The van der Waals surface area contributed by atoms with Crippen LogP contribution in [-0.4, -0.2) is 53.5 Å². The topological polar surface area (TPSA) is 79.3 Å². The lowest BCUT2D eigenvalue weighted by molar-refractivity contribution is 0.0936. The Morgan fingerprint density at radius 2 is 1.89 bits per heavy atom. The number of fused-ring (bicyclic) bond motifs is 1. The molecule has 2 heterocycles. The molecular formula is C21H29N5O2. The fourth-order valence-electron chi connectivity index (χ4n) is 3.44. The Balaban J connectivity index is 1.69. The molecule has 1 aliphatic heterocycles. The van der Waals surface area contributed by atoms with E-state index in [4.69, 9.17) is 0 Å². The summed E-state index contributed by atoms with van der Waals surface area (Å²) in [6.07, 6.45) is 3.65. The standard InChI is InChI=1S/C21H29N5O2/c1-25(2)13-8-12-22-21(28)19-24-18(17-11-6-7-14-26(17)19)20(27)23-15-16-9-4-3-5-10-16/h3-5,9-10H,6-8,11-15H2,1-2H3,(H,22,28)(H,23,27). The number of hydrogen-bond acceptors (Lipinski definition) is 4. The number of imidazole rings is 1. The van der Waals surface area contributed by atoms with E-state index in [0.717, 1.165) is 50.0 Å². The number of rotatable bonds is 8. The third-order valence-corrected chi connectivity index (χ3v) is 4.90.